The molecule has 0 saturated carbocycles. The van der Waals surface area contributed by atoms with Crippen LogP contribution in [0.15, 0.2) is 59.5 Å². The van der Waals surface area contributed by atoms with E-state index in [9.17, 15) is 23.1 Å². The first-order valence-corrected chi connectivity index (χ1v) is 14.5. The number of hydrogen-bond acceptors (Lipinski definition) is 8. The lowest BCUT2D eigenvalue weighted by atomic mass is 10.0. The Morgan fingerprint density at radius 3 is 2.46 bits per heavy atom. The number of amides is 1. The third-order valence-corrected chi connectivity index (χ3v) is 8.38. The molecule has 0 aliphatic carbocycles. The number of nitrogens with zero attached hydrogens (tertiary/aromatic N) is 1. The fraction of sp³-hybridized carbons (Fsp3) is 0.500. The van der Waals surface area contributed by atoms with Gasteiger partial charge in [-0.15, -0.1) is 0 Å². The number of ether oxygens (including phenoxy) is 3. The molecule has 1 fully saturated rings. The quantitative estimate of drug-likeness (QED) is 0.317. The van der Waals surface area contributed by atoms with Crippen molar-refractivity contribution < 1.29 is 37.3 Å². The minimum atomic E-state index is -4.00. The van der Waals surface area contributed by atoms with Gasteiger partial charge < -0.3 is 29.4 Å². The van der Waals surface area contributed by atoms with Crippen LogP contribution in [0.1, 0.15) is 38.2 Å². The molecule has 2 N–H and O–H groups in total. The molecule has 3 atom stereocenters. The highest BCUT2D eigenvalue weighted by Gasteiger charge is 2.31. The van der Waals surface area contributed by atoms with E-state index in [1.165, 1.54) is 30.5 Å². The number of methoxy groups -OCH3 is 1. The average Bonchev–Trinajstić information content (AvgIpc) is 3.43. The third-order valence-electron chi connectivity index (χ3n) is 6.50. The van der Waals surface area contributed by atoms with E-state index < -0.39 is 28.3 Å². The summed E-state index contributed by atoms with van der Waals surface area (Å²) in [6, 6.07) is 14.5. The second-order valence-corrected chi connectivity index (χ2v) is 11.5. The molecule has 214 valence electrons. The van der Waals surface area contributed by atoms with Gasteiger partial charge in [0.15, 0.2) is 0 Å². The zero-order valence-electron chi connectivity index (χ0n) is 22.5. The Morgan fingerprint density at radius 2 is 1.85 bits per heavy atom. The fourth-order valence-corrected chi connectivity index (χ4v) is 5.79. The first-order chi connectivity index (χ1) is 18.7. The minimum Gasteiger partial charge on any atom is -0.497 e. The number of Topliss-reactive ketones (excluding diaryl/α,β-unsaturated/α-hetero) is 1. The van der Waals surface area contributed by atoms with Gasteiger partial charge in [0.2, 0.25) is 10.0 Å². The molecule has 1 heterocycles. The lowest BCUT2D eigenvalue weighted by Gasteiger charge is -2.30. The van der Waals surface area contributed by atoms with Crippen molar-refractivity contribution in [3.05, 3.63) is 60.2 Å². The van der Waals surface area contributed by atoms with Crippen LogP contribution in [-0.2, 0) is 30.7 Å². The molecule has 39 heavy (non-hydrogen) atoms. The second kappa shape index (κ2) is 15.0. The number of alkyl carbamates (subject to hydrolysis) is 1. The number of hydrogen-bond donors (Lipinski definition) is 2. The molecule has 1 aliphatic rings. The van der Waals surface area contributed by atoms with E-state index in [0.29, 0.717) is 44.6 Å². The van der Waals surface area contributed by atoms with E-state index in [-0.39, 0.29) is 36.3 Å². The minimum absolute atomic E-state index is 0.0258. The molecule has 0 spiro atoms. The van der Waals surface area contributed by atoms with Gasteiger partial charge in [-0.3, -0.25) is 0 Å². The second-order valence-electron chi connectivity index (χ2n) is 9.60. The SMILES string of the molecule is COc1ccc(S(=O)(=O)N(CCCCC(C)=O)C[C@@H](O)[C@H](Cc2ccccc2)NC(=O)O[C@H]2CCOC2)cc1. The summed E-state index contributed by atoms with van der Waals surface area (Å²) in [7, 11) is -2.51. The zero-order chi connectivity index (χ0) is 28.3. The number of nitrogens with one attached hydrogen (secondary N) is 1. The number of unbranched alkanes of at least 4 members (excludes halogenated alkanes) is 1. The van der Waals surface area contributed by atoms with E-state index >= 15 is 0 Å². The highest BCUT2D eigenvalue weighted by Crippen LogP contribution is 2.21. The predicted octanol–water partition coefficient (Wildman–Crippen LogP) is 2.93. The Morgan fingerprint density at radius 1 is 1.13 bits per heavy atom. The molecule has 0 radical (unpaired) electrons. The fourth-order valence-electron chi connectivity index (χ4n) is 4.30. The molecule has 0 unspecified atom stereocenters. The Bertz CT molecular complexity index is 1150. The summed E-state index contributed by atoms with van der Waals surface area (Å²) < 4.78 is 44.3. The number of aliphatic hydroxyl groups excluding tert-OH is 1. The highest BCUT2D eigenvalue weighted by molar-refractivity contribution is 7.89. The molecule has 3 rings (SSSR count). The van der Waals surface area contributed by atoms with Gasteiger partial charge in [0.05, 0.1) is 37.4 Å². The van der Waals surface area contributed by atoms with Crippen LogP contribution in [0.25, 0.3) is 0 Å². The maximum atomic E-state index is 13.6. The van der Waals surface area contributed by atoms with Gasteiger partial charge in [-0.1, -0.05) is 30.3 Å². The van der Waals surface area contributed by atoms with E-state index in [1.54, 1.807) is 12.1 Å². The standard InChI is InChI=1S/C28H38N2O8S/c1-21(31)8-6-7-16-30(39(34,35)25-13-11-23(36-2)12-14-25)19-27(32)26(18-22-9-4-3-5-10-22)29-28(33)38-24-15-17-37-20-24/h3-5,9-14,24,26-27,32H,6-8,15-20H2,1-2H3,(H,29,33)/t24-,26-,27+/m0/s1. The number of rotatable bonds is 15. The molecule has 11 heteroatoms. The van der Waals surface area contributed by atoms with E-state index in [0.717, 1.165) is 5.56 Å². The number of carbonyl (C=O) groups excluding carboxylic acids is 2. The summed E-state index contributed by atoms with van der Waals surface area (Å²) in [6.07, 6.45) is -0.174. The Hall–Kier alpha value is -2.99. The van der Waals surface area contributed by atoms with Crippen LogP contribution in [0, 0.1) is 0 Å². The topological polar surface area (TPSA) is 131 Å². The lowest BCUT2D eigenvalue weighted by molar-refractivity contribution is -0.117. The number of benzene rings is 2. The van der Waals surface area contributed by atoms with Gasteiger partial charge in [0, 0.05) is 25.9 Å². The lowest BCUT2D eigenvalue weighted by Crippen LogP contribution is -2.51. The summed E-state index contributed by atoms with van der Waals surface area (Å²) >= 11 is 0. The van der Waals surface area contributed by atoms with Crippen LogP contribution in [0.5, 0.6) is 5.75 Å². The molecule has 2 aromatic carbocycles. The largest absolute Gasteiger partial charge is 0.497 e. The van der Waals surface area contributed by atoms with Gasteiger partial charge in [-0.2, -0.15) is 4.31 Å². The van der Waals surface area contributed by atoms with E-state index in [1.807, 2.05) is 30.3 Å². The van der Waals surface area contributed by atoms with Crippen LogP contribution < -0.4 is 10.1 Å². The van der Waals surface area contributed by atoms with Crippen molar-refractivity contribution >= 4 is 21.9 Å². The molecule has 0 bridgehead atoms. The number of carbonyl (C=O) groups is 2. The van der Waals surface area contributed by atoms with Crippen LogP contribution in [-0.4, -0.2) is 81.4 Å². The van der Waals surface area contributed by atoms with Crippen LogP contribution in [0.2, 0.25) is 0 Å². The normalized spacial score (nSPS) is 17.0. The van der Waals surface area contributed by atoms with Crippen molar-refractivity contribution in [1.82, 2.24) is 9.62 Å². The summed E-state index contributed by atoms with van der Waals surface area (Å²) in [5, 5.41) is 14.0. The molecule has 1 amide bonds. The molecular weight excluding hydrogens is 524 g/mol. The number of aliphatic hydroxyl groups is 1. The third kappa shape index (κ3) is 9.61. The van der Waals surface area contributed by atoms with Crippen molar-refractivity contribution in [3.8, 4) is 5.75 Å². The molecule has 1 aliphatic heterocycles. The summed E-state index contributed by atoms with van der Waals surface area (Å²) in [5.74, 6) is 0.540. The monoisotopic (exact) mass is 562 g/mol. The summed E-state index contributed by atoms with van der Waals surface area (Å²) in [6.45, 7) is 2.15. The average molecular weight is 563 g/mol. The maximum absolute atomic E-state index is 13.6. The van der Waals surface area contributed by atoms with Crippen LogP contribution >= 0.6 is 0 Å². The molecular formula is C28H38N2O8S. The highest BCUT2D eigenvalue weighted by atomic mass is 32.2. The van der Waals surface area contributed by atoms with E-state index in [2.05, 4.69) is 5.32 Å². The first-order valence-electron chi connectivity index (χ1n) is 13.1. The van der Waals surface area contributed by atoms with Crippen molar-refractivity contribution in [2.24, 2.45) is 0 Å². The van der Waals surface area contributed by atoms with Gasteiger partial charge >= 0.3 is 6.09 Å². The molecule has 0 aromatic heterocycles. The first kappa shape index (κ1) is 30.6. The van der Waals surface area contributed by atoms with Crippen molar-refractivity contribution in [2.75, 3.05) is 33.4 Å². The number of sulfonamides is 1. The maximum Gasteiger partial charge on any atom is 0.407 e. The smallest absolute Gasteiger partial charge is 0.407 e. The predicted molar refractivity (Wildman–Crippen MR) is 145 cm³/mol. The van der Waals surface area contributed by atoms with Crippen molar-refractivity contribution in [2.45, 2.75) is 62.2 Å². The van der Waals surface area contributed by atoms with Gasteiger partial charge in [-0.05, 0) is 56.0 Å². The van der Waals surface area contributed by atoms with Crippen molar-refractivity contribution in [1.29, 1.82) is 0 Å². The summed E-state index contributed by atoms with van der Waals surface area (Å²) in [4.78, 5) is 24.1. The van der Waals surface area contributed by atoms with Gasteiger partial charge in [0.25, 0.3) is 0 Å². The Labute approximate surface area is 230 Å². The Kier molecular flexibility index (Phi) is 11.7. The van der Waals surface area contributed by atoms with E-state index in [4.69, 9.17) is 14.2 Å². The van der Waals surface area contributed by atoms with Crippen LogP contribution in [0.4, 0.5) is 4.79 Å². The molecule has 1 saturated heterocycles. The van der Waals surface area contributed by atoms with Crippen LogP contribution in [0.3, 0.4) is 0 Å². The Balaban J connectivity index is 1.80. The molecule has 10 nitrogen and oxygen atoms in total. The van der Waals surface area contributed by atoms with Crippen molar-refractivity contribution in [3.63, 3.8) is 0 Å². The van der Waals surface area contributed by atoms with Gasteiger partial charge in [0.1, 0.15) is 17.6 Å². The number of ketones is 1. The molecule has 2 aromatic rings. The summed E-state index contributed by atoms with van der Waals surface area (Å²) in [5.41, 5.74) is 0.858. The zero-order valence-corrected chi connectivity index (χ0v) is 23.3. The van der Waals surface area contributed by atoms with Gasteiger partial charge in [-0.25, -0.2) is 13.2 Å².